The first-order valence-corrected chi connectivity index (χ1v) is 3.41. The first-order valence-electron chi connectivity index (χ1n) is 3.41. The highest BCUT2D eigenvalue weighted by atomic mass is 16.2. The number of carbonyl (C=O) groups excluding carboxylic acids is 2. The minimum atomic E-state index is -0.671. The summed E-state index contributed by atoms with van der Waals surface area (Å²) in [5.41, 5.74) is 0.859. The Balaban J connectivity index is 2.57. The normalized spacial score (nSPS) is 15.6. The van der Waals surface area contributed by atoms with Crippen molar-refractivity contribution in [2.24, 2.45) is 4.99 Å². The molecule has 5 nitrogen and oxygen atoms in total. The Bertz CT molecular complexity index is 262. The number of aliphatic imine (C=N–C) groups is 1. The molecule has 5 heteroatoms. The van der Waals surface area contributed by atoms with Gasteiger partial charge in [0.05, 0.1) is 6.54 Å². The number of carbonyl (C=O) groups is 2. The van der Waals surface area contributed by atoms with Crippen molar-refractivity contribution in [3.8, 4) is 0 Å². The summed E-state index contributed by atoms with van der Waals surface area (Å²) in [5.74, 6) is -1.14. The van der Waals surface area contributed by atoms with Crippen molar-refractivity contribution in [1.82, 2.24) is 10.6 Å². The summed E-state index contributed by atoms with van der Waals surface area (Å²) in [5, 5.41) is 4.54. The molecule has 0 aromatic heterocycles. The highest BCUT2D eigenvalue weighted by Gasteiger charge is 2.24. The van der Waals surface area contributed by atoms with Crippen LogP contribution in [0.15, 0.2) is 17.1 Å². The van der Waals surface area contributed by atoms with E-state index in [1.807, 2.05) is 6.92 Å². The van der Waals surface area contributed by atoms with Crippen LogP contribution in [0, 0.1) is 0 Å². The van der Waals surface area contributed by atoms with Gasteiger partial charge in [-0.2, -0.15) is 0 Å². The Labute approximate surface area is 69.6 Å². The maximum absolute atomic E-state index is 10.6. The van der Waals surface area contributed by atoms with Gasteiger partial charge in [0.1, 0.15) is 0 Å². The van der Waals surface area contributed by atoms with E-state index in [0.717, 1.165) is 5.57 Å². The van der Waals surface area contributed by atoms with Gasteiger partial charge in [-0.05, 0) is 6.92 Å². The molecular weight excluding hydrogens is 158 g/mol. The lowest BCUT2D eigenvalue weighted by molar-refractivity contribution is -0.135. The fraction of sp³-hybridized carbons (Fsp3) is 0.286. The smallest absolute Gasteiger partial charge is 0.288 e. The fourth-order valence-corrected chi connectivity index (χ4v) is 0.653. The molecule has 2 amide bonds. The van der Waals surface area contributed by atoms with Gasteiger partial charge in [-0.1, -0.05) is 12.2 Å². The van der Waals surface area contributed by atoms with E-state index in [-0.39, 0.29) is 5.96 Å². The number of hydrogen-bond donors (Lipinski definition) is 2. The lowest BCUT2D eigenvalue weighted by Gasteiger charge is -1.95. The second kappa shape index (κ2) is 3.17. The molecule has 1 aliphatic heterocycles. The molecule has 0 saturated carbocycles. The van der Waals surface area contributed by atoms with E-state index in [4.69, 9.17) is 0 Å². The molecule has 0 bridgehead atoms. The average Bonchev–Trinajstić information content (AvgIpc) is 2.28. The molecule has 1 heterocycles. The predicted octanol–water partition coefficient (Wildman–Crippen LogP) is -0.836. The predicted molar refractivity (Wildman–Crippen MR) is 43.4 cm³/mol. The summed E-state index contributed by atoms with van der Waals surface area (Å²) in [4.78, 5) is 25.1. The zero-order valence-electron chi connectivity index (χ0n) is 6.68. The minimum Gasteiger partial charge on any atom is -0.288 e. The van der Waals surface area contributed by atoms with Crippen molar-refractivity contribution in [3.63, 3.8) is 0 Å². The summed E-state index contributed by atoms with van der Waals surface area (Å²) in [7, 11) is 0. The zero-order valence-corrected chi connectivity index (χ0v) is 6.68. The van der Waals surface area contributed by atoms with Crippen LogP contribution < -0.4 is 10.6 Å². The van der Waals surface area contributed by atoms with Crippen LogP contribution in [0.25, 0.3) is 0 Å². The second-order valence-electron chi connectivity index (χ2n) is 2.53. The number of nitrogens with one attached hydrogen (secondary N) is 2. The molecule has 12 heavy (non-hydrogen) atoms. The third-order valence-corrected chi connectivity index (χ3v) is 1.18. The van der Waals surface area contributed by atoms with E-state index in [0.29, 0.717) is 6.54 Å². The van der Waals surface area contributed by atoms with Crippen LogP contribution in [0.3, 0.4) is 0 Å². The van der Waals surface area contributed by atoms with E-state index in [9.17, 15) is 9.59 Å². The van der Waals surface area contributed by atoms with Crippen LogP contribution in [-0.2, 0) is 9.59 Å². The van der Waals surface area contributed by atoms with E-state index in [2.05, 4.69) is 22.2 Å². The maximum Gasteiger partial charge on any atom is 0.316 e. The largest absolute Gasteiger partial charge is 0.316 e. The third kappa shape index (κ3) is 1.91. The summed E-state index contributed by atoms with van der Waals surface area (Å²) < 4.78 is 0. The molecule has 0 aromatic carbocycles. The summed E-state index contributed by atoms with van der Waals surface area (Å²) in [6.45, 7) is 5.83. The van der Waals surface area contributed by atoms with Crippen molar-refractivity contribution in [2.45, 2.75) is 6.92 Å². The highest BCUT2D eigenvalue weighted by molar-refractivity contribution is 6.45. The lowest BCUT2D eigenvalue weighted by Crippen LogP contribution is -2.25. The molecule has 0 radical (unpaired) electrons. The Morgan fingerprint density at radius 2 is 1.92 bits per heavy atom. The van der Waals surface area contributed by atoms with Gasteiger partial charge in [0.2, 0.25) is 5.96 Å². The Kier molecular flexibility index (Phi) is 2.23. The van der Waals surface area contributed by atoms with Gasteiger partial charge < -0.3 is 0 Å². The summed E-state index contributed by atoms with van der Waals surface area (Å²) in [6, 6.07) is 0. The van der Waals surface area contributed by atoms with E-state index < -0.39 is 11.8 Å². The van der Waals surface area contributed by atoms with Crippen molar-refractivity contribution in [3.05, 3.63) is 12.2 Å². The average molecular weight is 167 g/mol. The van der Waals surface area contributed by atoms with E-state index in [1.165, 1.54) is 0 Å². The standard InChI is InChI=1S/C7H9N3O2/c1-4(2)3-8-7-9-5(11)6(12)10-7/h1,3H2,2H3,(H2,8,9,10,11,12). The van der Waals surface area contributed by atoms with Crippen LogP contribution >= 0.6 is 0 Å². The minimum absolute atomic E-state index is 0.202. The number of guanidine groups is 1. The van der Waals surface area contributed by atoms with Crippen molar-refractivity contribution in [1.29, 1.82) is 0 Å². The van der Waals surface area contributed by atoms with Crippen molar-refractivity contribution >= 4 is 17.8 Å². The molecule has 0 aliphatic carbocycles. The molecule has 1 saturated heterocycles. The Morgan fingerprint density at radius 3 is 2.33 bits per heavy atom. The van der Waals surface area contributed by atoms with Crippen LogP contribution in [-0.4, -0.2) is 24.3 Å². The molecule has 2 N–H and O–H groups in total. The summed E-state index contributed by atoms with van der Waals surface area (Å²) in [6.07, 6.45) is 0. The highest BCUT2D eigenvalue weighted by Crippen LogP contribution is 1.89. The molecule has 0 unspecified atom stereocenters. The topological polar surface area (TPSA) is 70.6 Å². The number of amides is 2. The summed E-state index contributed by atoms with van der Waals surface area (Å²) >= 11 is 0. The molecule has 0 spiro atoms. The van der Waals surface area contributed by atoms with Gasteiger partial charge in [-0.25, -0.2) is 4.99 Å². The quantitative estimate of drug-likeness (QED) is 0.416. The van der Waals surface area contributed by atoms with Gasteiger partial charge in [0.15, 0.2) is 0 Å². The molecular formula is C7H9N3O2. The van der Waals surface area contributed by atoms with Crippen LogP contribution in [0.5, 0.6) is 0 Å². The molecule has 1 aliphatic rings. The van der Waals surface area contributed by atoms with Crippen LogP contribution in [0.4, 0.5) is 0 Å². The van der Waals surface area contributed by atoms with Crippen molar-refractivity contribution in [2.75, 3.05) is 6.54 Å². The molecule has 1 rings (SSSR count). The lowest BCUT2D eigenvalue weighted by atomic mass is 10.4. The van der Waals surface area contributed by atoms with Gasteiger partial charge in [0.25, 0.3) is 0 Å². The molecule has 1 fully saturated rings. The van der Waals surface area contributed by atoms with Crippen molar-refractivity contribution < 1.29 is 9.59 Å². The SMILES string of the molecule is C=C(C)CN=C1NC(=O)C(=O)N1. The van der Waals surface area contributed by atoms with E-state index in [1.54, 1.807) is 0 Å². The maximum atomic E-state index is 10.6. The number of rotatable bonds is 2. The monoisotopic (exact) mass is 167 g/mol. The molecule has 64 valence electrons. The zero-order chi connectivity index (χ0) is 9.14. The second-order valence-corrected chi connectivity index (χ2v) is 2.53. The first kappa shape index (κ1) is 8.45. The van der Waals surface area contributed by atoms with Crippen LogP contribution in [0.2, 0.25) is 0 Å². The Morgan fingerprint density at radius 1 is 1.42 bits per heavy atom. The fourth-order valence-electron chi connectivity index (χ4n) is 0.653. The van der Waals surface area contributed by atoms with E-state index >= 15 is 0 Å². The van der Waals surface area contributed by atoms with Crippen LogP contribution in [0.1, 0.15) is 6.92 Å². The molecule has 0 aromatic rings. The van der Waals surface area contributed by atoms with Gasteiger partial charge >= 0.3 is 11.8 Å². The molecule has 0 atom stereocenters. The first-order chi connectivity index (χ1) is 5.59. The Hall–Kier alpha value is -1.65. The third-order valence-electron chi connectivity index (χ3n) is 1.18. The van der Waals surface area contributed by atoms with Gasteiger partial charge in [-0.15, -0.1) is 0 Å². The number of nitrogens with zero attached hydrogens (tertiary/aromatic N) is 1. The van der Waals surface area contributed by atoms with Gasteiger partial charge in [0, 0.05) is 0 Å². The number of hydrogen-bond acceptors (Lipinski definition) is 3. The van der Waals surface area contributed by atoms with Gasteiger partial charge in [-0.3, -0.25) is 20.2 Å².